The monoisotopic (exact) mass is 402 g/mol. The Kier molecular flexibility index (Phi) is 8.24. The summed E-state index contributed by atoms with van der Waals surface area (Å²) < 4.78 is 38.4. The van der Waals surface area contributed by atoms with Gasteiger partial charge in [-0.15, -0.1) is 0 Å². The maximum absolute atomic E-state index is 12.8. The minimum absolute atomic E-state index is 0.00838. The van der Waals surface area contributed by atoms with Gasteiger partial charge in [-0.1, -0.05) is 31.5 Å². The number of carbonyl (C=O) groups excluding carboxylic acids is 1. The summed E-state index contributed by atoms with van der Waals surface area (Å²) in [7, 11) is 0. The van der Waals surface area contributed by atoms with Crippen LogP contribution in [0.5, 0.6) is 0 Å². The largest absolute Gasteiger partial charge is 0.417 e. The van der Waals surface area contributed by atoms with Crippen molar-refractivity contribution in [3.05, 3.63) is 52.5 Å². The van der Waals surface area contributed by atoms with Crippen LogP contribution in [0.4, 0.5) is 35.0 Å². The predicted molar refractivity (Wildman–Crippen MR) is 104 cm³/mol. The van der Waals surface area contributed by atoms with Gasteiger partial charge in [0.15, 0.2) is 0 Å². The van der Waals surface area contributed by atoms with Crippen LogP contribution in [0.1, 0.15) is 25.0 Å². The van der Waals surface area contributed by atoms with Crippen LogP contribution in [-0.4, -0.2) is 12.6 Å². The first-order valence-corrected chi connectivity index (χ1v) is 8.60. The molecule has 0 aliphatic carbocycles. The van der Waals surface area contributed by atoms with Crippen LogP contribution in [0.2, 0.25) is 5.02 Å². The summed E-state index contributed by atoms with van der Waals surface area (Å²) in [6.07, 6.45) is -4.10. The van der Waals surface area contributed by atoms with Gasteiger partial charge in [0.2, 0.25) is 0 Å². The fourth-order valence-corrected chi connectivity index (χ4v) is 2.32. The highest BCUT2D eigenvalue weighted by Gasteiger charge is 2.33. The third-order valence-electron chi connectivity index (χ3n) is 3.38. The second-order valence-electron chi connectivity index (χ2n) is 5.29. The smallest absolute Gasteiger partial charge is 0.397 e. The topological polar surface area (TPSA) is 93.2 Å². The summed E-state index contributed by atoms with van der Waals surface area (Å²) in [5.74, 6) is 0. The van der Waals surface area contributed by atoms with Crippen LogP contribution < -0.4 is 22.1 Å². The lowest BCUT2D eigenvalue weighted by molar-refractivity contribution is -0.137. The quantitative estimate of drug-likeness (QED) is 0.547. The summed E-state index contributed by atoms with van der Waals surface area (Å²) in [5.41, 5.74) is 12.1. The first-order valence-electron chi connectivity index (χ1n) is 8.22. The zero-order valence-electron chi connectivity index (χ0n) is 15.0. The number of amides is 2. The standard InChI is InChI=1S/C16H16ClF3N4O.C2H6/c17-12-3-2-10(8-11(12)16(18,19)20)24-15(25)23-6-5-9-1-4-13(21)14(22)7-9;1-2/h1-4,7-8H,5-6,21-22H2,(H2,23,24,25);1-2H3. The lowest BCUT2D eigenvalue weighted by Gasteiger charge is -2.12. The van der Waals surface area contributed by atoms with E-state index in [4.69, 9.17) is 23.1 Å². The van der Waals surface area contributed by atoms with Gasteiger partial charge in [-0.3, -0.25) is 0 Å². The Hall–Kier alpha value is -2.61. The highest BCUT2D eigenvalue weighted by atomic mass is 35.5. The number of nitrogens with two attached hydrogens (primary N) is 2. The Morgan fingerprint density at radius 2 is 1.74 bits per heavy atom. The molecular formula is C18H22ClF3N4O. The molecule has 2 aromatic carbocycles. The van der Waals surface area contributed by atoms with Crippen LogP contribution in [0, 0.1) is 0 Å². The van der Waals surface area contributed by atoms with Gasteiger partial charge in [0.1, 0.15) is 0 Å². The predicted octanol–water partition coefficient (Wildman–Crippen LogP) is 4.91. The number of nitrogen functional groups attached to an aromatic ring is 2. The van der Waals surface area contributed by atoms with E-state index in [2.05, 4.69) is 10.6 Å². The number of nitrogens with one attached hydrogen (secondary N) is 2. The number of urea groups is 1. The van der Waals surface area contributed by atoms with Gasteiger partial charge < -0.3 is 22.1 Å². The van der Waals surface area contributed by atoms with Gasteiger partial charge in [0, 0.05) is 12.2 Å². The van der Waals surface area contributed by atoms with Crippen LogP contribution in [0.25, 0.3) is 0 Å². The number of anilines is 3. The van der Waals surface area contributed by atoms with E-state index in [0.717, 1.165) is 17.7 Å². The van der Waals surface area contributed by atoms with E-state index in [1.807, 2.05) is 13.8 Å². The average Bonchev–Trinajstić information content (AvgIpc) is 2.60. The normalized spacial score (nSPS) is 10.6. The Bertz CT molecular complexity index is 782. The SMILES string of the molecule is CC.Nc1ccc(CCNC(=O)Nc2ccc(Cl)c(C(F)(F)F)c2)cc1N. The molecule has 0 bridgehead atoms. The highest BCUT2D eigenvalue weighted by Crippen LogP contribution is 2.36. The molecule has 0 aliphatic rings. The Balaban J connectivity index is 0.00000176. The first kappa shape index (κ1) is 22.4. The third-order valence-corrected chi connectivity index (χ3v) is 3.71. The summed E-state index contributed by atoms with van der Waals surface area (Å²) >= 11 is 5.53. The van der Waals surface area contributed by atoms with Crippen molar-refractivity contribution in [3.8, 4) is 0 Å². The van der Waals surface area contributed by atoms with Crippen molar-refractivity contribution < 1.29 is 18.0 Å². The molecular weight excluding hydrogens is 381 g/mol. The van der Waals surface area contributed by atoms with Crippen molar-refractivity contribution >= 4 is 34.7 Å². The number of rotatable bonds is 4. The average molecular weight is 403 g/mol. The van der Waals surface area contributed by atoms with Gasteiger partial charge in [-0.25, -0.2) is 4.79 Å². The maximum atomic E-state index is 12.8. The molecule has 0 fully saturated rings. The molecule has 0 spiro atoms. The lowest BCUT2D eigenvalue weighted by atomic mass is 10.1. The van der Waals surface area contributed by atoms with Crippen molar-refractivity contribution in [1.29, 1.82) is 0 Å². The number of carbonyl (C=O) groups is 1. The zero-order chi connectivity index (χ0) is 20.6. The summed E-state index contributed by atoms with van der Waals surface area (Å²) in [6, 6.07) is 7.66. The molecule has 0 aliphatic heterocycles. The van der Waals surface area contributed by atoms with Crippen molar-refractivity contribution in [3.63, 3.8) is 0 Å². The van der Waals surface area contributed by atoms with Crippen molar-refractivity contribution in [2.75, 3.05) is 23.3 Å². The molecule has 6 N–H and O–H groups in total. The molecule has 2 aromatic rings. The molecule has 0 atom stereocenters. The minimum Gasteiger partial charge on any atom is -0.397 e. The molecule has 0 saturated heterocycles. The van der Waals surface area contributed by atoms with Crippen LogP contribution >= 0.6 is 11.6 Å². The number of halogens is 4. The van der Waals surface area contributed by atoms with E-state index in [-0.39, 0.29) is 12.2 Å². The molecule has 27 heavy (non-hydrogen) atoms. The maximum Gasteiger partial charge on any atom is 0.417 e. The van der Waals surface area contributed by atoms with Gasteiger partial charge in [-0.05, 0) is 42.3 Å². The van der Waals surface area contributed by atoms with Crippen LogP contribution in [0.15, 0.2) is 36.4 Å². The number of benzene rings is 2. The van der Waals surface area contributed by atoms with Gasteiger partial charge in [0.25, 0.3) is 0 Å². The van der Waals surface area contributed by atoms with Crippen molar-refractivity contribution in [2.24, 2.45) is 0 Å². The van der Waals surface area contributed by atoms with E-state index in [9.17, 15) is 18.0 Å². The van der Waals surface area contributed by atoms with Crippen molar-refractivity contribution in [2.45, 2.75) is 26.4 Å². The Labute approximate surface area is 160 Å². The number of alkyl halides is 3. The molecule has 0 saturated carbocycles. The molecule has 2 amide bonds. The zero-order valence-corrected chi connectivity index (χ0v) is 15.7. The molecule has 0 unspecified atom stereocenters. The summed E-state index contributed by atoms with van der Waals surface area (Å²) in [4.78, 5) is 11.8. The molecule has 2 rings (SSSR count). The van der Waals surface area contributed by atoms with Gasteiger partial charge >= 0.3 is 12.2 Å². The summed E-state index contributed by atoms with van der Waals surface area (Å²) in [5, 5.41) is 4.45. The second kappa shape index (κ2) is 9.91. The Morgan fingerprint density at radius 1 is 1.07 bits per heavy atom. The van der Waals surface area contributed by atoms with E-state index in [0.29, 0.717) is 17.8 Å². The van der Waals surface area contributed by atoms with E-state index in [1.54, 1.807) is 18.2 Å². The molecule has 0 heterocycles. The highest BCUT2D eigenvalue weighted by molar-refractivity contribution is 6.31. The van der Waals surface area contributed by atoms with Gasteiger partial charge in [0.05, 0.1) is 22.0 Å². The molecule has 148 valence electrons. The second-order valence-corrected chi connectivity index (χ2v) is 5.69. The van der Waals surface area contributed by atoms with Crippen LogP contribution in [0.3, 0.4) is 0 Å². The van der Waals surface area contributed by atoms with Gasteiger partial charge in [-0.2, -0.15) is 13.2 Å². The van der Waals surface area contributed by atoms with E-state index < -0.39 is 22.8 Å². The Morgan fingerprint density at radius 3 is 2.33 bits per heavy atom. The lowest BCUT2D eigenvalue weighted by Crippen LogP contribution is -2.30. The molecule has 5 nitrogen and oxygen atoms in total. The molecule has 0 radical (unpaired) electrons. The number of hydrogen-bond acceptors (Lipinski definition) is 3. The van der Waals surface area contributed by atoms with Crippen molar-refractivity contribution in [1.82, 2.24) is 5.32 Å². The number of hydrogen-bond donors (Lipinski definition) is 4. The van der Waals surface area contributed by atoms with E-state index in [1.165, 1.54) is 6.07 Å². The minimum atomic E-state index is -4.60. The van der Waals surface area contributed by atoms with Crippen LogP contribution in [-0.2, 0) is 12.6 Å². The van der Waals surface area contributed by atoms with E-state index >= 15 is 0 Å². The fourth-order valence-electron chi connectivity index (χ4n) is 2.10. The fraction of sp³-hybridized carbons (Fsp3) is 0.278. The third kappa shape index (κ3) is 6.90. The first-order chi connectivity index (χ1) is 12.7. The molecule has 9 heteroatoms. The summed E-state index contributed by atoms with van der Waals surface area (Å²) in [6.45, 7) is 4.27. The molecule has 0 aromatic heterocycles.